The molecular formula is C12H11F4NO. The highest BCUT2D eigenvalue weighted by Crippen LogP contribution is 2.32. The molecular weight excluding hydrogens is 250 g/mol. The molecule has 0 unspecified atom stereocenters. The number of nitrogens with one attached hydrogen (secondary N) is 1. The van der Waals surface area contributed by atoms with Gasteiger partial charge in [0.05, 0.1) is 5.56 Å². The third-order valence-electron chi connectivity index (χ3n) is 2.10. The first-order valence-electron chi connectivity index (χ1n) is 5.09. The molecule has 1 N–H and O–H groups in total. The van der Waals surface area contributed by atoms with E-state index in [1.165, 1.54) is 25.1 Å². The van der Waals surface area contributed by atoms with E-state index >= 15 is 0 Å². The van der Waals surface area contributed by atoms with E-state index in [1.54, 1.807) is 0 Å². The van der Waals surface area contributed by atoms with Gasteiger partial charge in [0.2, 0.25) is 5.91 Å². The Kier molecular flexibility index (Phi) is 4.47. The van der Waals surface area contributed by atoms with Gasteiger partial charge in [-0.15, -0.1) is 0 Å². The second-order valence-corrected chi connectivity index (χ2v) is 3.55. The lowest BCUT2D eigenvalue weighted by atomic mass is 10.1. The van der Waals surface area contributed by atoms with E-state index in [0.717, 1.165) is 6.07 Å². The highest BCUT2D eigenvalue weighted by atomic mass is 19.4. The summed E-state index contributed by atoms with van der Waals surface area (Å²) >= 11 is 0. The van der Waals surface area contributed by atoms with E-state index in [2.05, 4.69) is 5.32 Å². The number of carbonyl (C=O) groups excluding carboxylic acids is 1. The Morgan fingerprint density at radius 1 is 1.39 bits per heavy atom. The second kappa shape index (κ2) is 5.66. The zero-order valence-electron chi connectivity index (χ0n) is 9.51. The van der Waals surface area contributed by atoms with Crippen LogP contribution >= 0.6 is 0 Å². The van der Waals surface area contributed by atoms with Crippen LogP contribution in [0.3, 0.4) is 0 Å². The molecule has 0 saturated carbocycles. The van der Waals surface area contributed by atoms with Crippen LogP contribution in [0.1, 0.15) is 18.1 Å². The topological polar surface area (TPSA) is 29.1 Å². The third kappa shape index (κ3) is 3.87. The zero-order valence-corrected chi connectivity index (χ0v) is 9.51. The summed E-state index contributed by atoms with van der Waals surface area (Å²) in [5.41, 5.74) is -1.47. The fourth-order valence-electron chi connectivity index (χ4n) is 1.29. The molecule has 0 spiro atoms. The minimum atomic E-state index is -4.72. The minimum Gasteiger partial charge on any atom is -0.353 e. The molecule has 0 saturated heterocycles. The lowest BCUT2D eigenvalue weighted by Gasteiger charge is -2.09. The molecule has 2 nitrogen and oxygen atoms in total. The van der Waals surface area contributed by atoms with Crippen molar-refractivity contribution in [3.63, 3.8) is 0 Å². The van der Waals surface area contributed by atoms with Crippen molar-refractivity contribution < 1.29 is 22.4 Å². The standard InChI is InChI=1S/C12H11F4NO/c1-8(18)17-7-3-5-9-4-2-6-10(11(9)13)12(14,15)16/h2-6H,7H2,1H3,(H,17,18). The molecule has 0 aliphatic carbocycles. The fourth-order valence-corrected chi connectivity index (χ4v) is 1.29. The summed E-state index contributed by atoms with van der Waals surface area (Å²) in [5, 5.41) is 2.41. The summed E-state index contributed by atoms with van der Waals surface area (Å²) in [5.74, 6) is -1.59. The van der Waals surface area contributed by atoms with Gasteiger partial charge in [-0.25, -0.2) is 4.39 Å². The third-order valence-corrected chi connectivity index (χ3v) is 2.10. The van der Waals surface area contributed by atoms with Crippen molar-refractivity contribution in [2.24, 2.45) is 0 Å². The predicted molar refractivity (Wildman–Crippen MR) is 59.1 cm³/mol. The molecule has 0 aliphatic rings. The van der Waals surface area contributed by atoms with Crippen molar-refractivity contribution in [1.29, 1.82) is 0 Å². The van der Waals surface area contributed by atoms with E-state index in [4.69, 9.17) is 0 Å². The molecule has 1 aromatic rings. The summed E-state index contributed by atoms with van der Waals surface area (Å²) in [6.45, 7) is 1.43. The van der Waals surface area contributed by atoms with Gasteiger partial charge in [0.25, 0.3) is 0 Å². The first-order chi connectivity index (χ1) is 8.32. The molecule has 0 fully saturated rings. The lowest BCUT2D eigenvalue weighted by molar-refractivity contribution is -0.140. The van der Waals surface area contributed by atoms with Crippen molar-refractivity contribution in [3.8, 4) is 0 Å². The molecule has 1 aromatic carbocycles. The van der Waals surface area contributed by atoms with Crippen molar-refractivity contribution >= 4 is 12.0 Å². The van der Waals surface area contributed by atoms with Gasteiger partial charge in [0.1, 0.15) is 5.82 Å². The smallest absolute Gasteiger partial charge is 0.353 e. The van der Waals surface area contributed by atoms with E-state index in [1.807, 2.05) is 0 Å². The monoisotopic (exact) mass is 261 g/mol. The number of alkyl halides is 3. The molecule has 1 amide bonds. The van der Waals surface area contributed by atoms with Crippen LogP contribution in [0.2, 0.25) is 0 Å². The Labute approximate surface area is 101 Å². The van der Waals surface area contributed by atoms with Gasteiger partial charge in [-0.05, 0) is 6.07 Å². The van der Waals surface area contributed by atoms with E-state index in [9.17, 15) is 22.4 Å². The zero-order chi connectivity index (χ0) is 13.8. The summed E-state index contributed by atoms with van der Waals surface area (Å²) in [4.78, 5) is 10.5. The maximum atomic E-state index is 13.5. The van der Waals surface area contributed by atoms with Crippen molar-refractivity contribution in [3.05, 3.63) is 41.2 Å². The second-order valence-electron chi connectivity index (χ2n) is 3.55. The van der Waals surface area contributed by atoms with Gasteiger partial charge in [-0.1, -0.05) is 24.3 Å². The van der Waals surface area contributed by atoms with Crippen molar-refractivity contribution in [2.45, 2.75) is 13.1 Å². The van der Waals surface area contributed by atoms with Gasteiger partial charge >= 0.3 is 6.18 Å². The van der Waals surface area contributed by atoms with Crippen LogP contribution in [0.25, 0.3) is 6.08 Å². The molecule has 0 bridgehead atoms. The van der Waals surface area contributed by atoms with E-state index in [-0.39, 0.29) is 18.0 Å². The fraction of sp³-hybridized carbons (Fsp3) is 0.250. The molecule has 98 valence electrons. The van der Waals surface area contributed by atoms with Gasteiger partial charge < -0.3 is 5.32 Å². The van der Waals surface area contributed by atoms with Gasteiger partial charge in [0, 0.05) is 19.0 Å². The Morgan fingerprint density at radius 2 is 2.06 bits per heavy atom. The average molecular weight is 261 g/mol. The lowest BCUT2D eigenvalue weighted by Crippen LogP contribution is -2.19. The highest BCUT2D eigenvalue weighted by molar-refractivity contribution is 5.73. The molecule has 0 aromatic heterocycles. The van der Waals surface area contributed by atoms with Gasteiger partial charge in [-0.2, -0.15) is 13.2 Å². The molecule has 18 heavy (non-hydrogen) atoms. The Morgan fingerprint density at radius 3 is 2.61 bits per heavy atom. The van der Waals surface area contributed by atoms with Crippen LogP contribution in [0.5, 0.6) is 0 Å². The molecule has 6 heteroatoms. The van der Waals surface area contributed by atoms with E-state index < -0.39 is 17.6 Å². The molecule has 0 radical (unpaired) electrons. The number of amides is 1. The summed E-state index contributed by atoms with van der Waals surface area (Å²) in [7, 11) is 0. The Bertz CT molecular complexity index is 466. The number of rotatable bonds is 3. The maximum Gasteiger partial charge on any atom is 0.419 e. The van der Waals surface area contributed by atoms with Gasteiger partial charge in [0.15, 0.2) is 0 Å². The summed E-state index contributed by atoms with van der Waals surface area (Å²) in [6, 6.07) is 3.04. The Hall–Kier alpha value is -1.85. The summed E-state index contributed by atoms with van der Waals surface area (Å²) < 4.78 is 50.7. The predicted octanol–water partition coefficient (Wildman–Crippen LogP) is 2.99. The van der Waals surface area contributed by atoms with Crippen LogP contribution < -0.4 is 5.32 Å². The van der Waals surface area contributed by atoms with Crippen molar-refractivity contribution in [2.75, 3.05) is 6.54 Å². The largest absolute Gasteiger partial charge is 0.419 e. The molecule has 1 rings (SSSR count). The number of hydrogen-bond donors (Lipinski definition) is 1. The normalized spacial score (nSPS) is 11.8. The SMILES string of the molecule is CC(=O)NCC=Cc1cccc(C(F)(F)F)c1F. The quantitative estimate of drug-likeness (QED) is 0.833. The molecule has 0 aliphatic heterocycles. The number of carbonyl (C=O) groups is 1. The number of hydrogen-bond acceptors (Lipinski definition) is 1. The highest BCUT2D eigenvalue weighted by Gasteiger charge is 2.34. The first kappa shape index (κ1) is 14.2. The Balaban J connectivity index is 2.88. The van der Waals surface area contributed by atoms with E-state index in [0.29, 0.717) is 6.07 Å². The first-order valence-corrected chi connectivity index (χ1v) is 5.09. The van der Waals surface area contributed by atoms with Crippen LogP contribution in [-0.2, 0) is 11.0 Å². The minimum absolute atomic E-state index is 0.130. The average Bonchev–Trinajstić information content (AvgIpc) is 2.24. The number of halogens is 4. The van der Waals surface area contributed by atoms with Crippen LogP contribution in [-0.4, -0.2) is 12.5 Å². The van der Waals surface area contributed by atoms with Crippen molar-refractivity contribution in [1.82, 2.24) is 5.32 Å². The molecule has 0 atom stereocenters. The van der Waals surface area contributed by atoms with Crippen LogP contribution in [0.15, 0.2) is 24.3 Å². The maximum absolute atomic E-state index is 13.5. The number of benzene rings is 1. The van der Waals surface area contributed by atoms with Crippen LogP contribution in [0, 0.1) is 5.82 Å². The van der Waals surface area contributed by atoms with Crippen LogP contribution in [0.4, 0.5) is 17.6 Å². The van der Waals surface area contributed by atoms with Gasteiger partial charge in [-0.3, -0.25) is 4.79 Å². The summed E-state index contributed by atoms with van der Waals surface area (Å²) in [6.07, 6.45) is -2.15. The molecule has 0 heterocycles.